The highest BCUT2D eigenvalue weighted by molar-refractivity contribution is 5.96. The highest BCUT2D eigenvalue weighted by Gasteiger charge is 2.44. The van der Waals surface area contributed by atoms with Crippen molar-refractivity contribution in [3.05, 3.63) is 268 Å². The van der Waals surface area contributed by atoms with Gasteiger partial charge < -0.3 is 48.9 Å². The number of amides is 7. The number of aryl methyl sites for hydroxylation is 4. The van der Waals surface area contributed by atoms with Crippen LogP contribution in [0.2, 0.25) is 0 Å². The van der Waals surface area contributed by atoms with Crippen LogP contribution < -0.4 is 5.32 Å². The Morgan fingerprint density at radius 1 is 0.404 bits per heavy atom. The molecule has 6 aliphatic rings. The van der Waals surface area contributed by atoms with E-state index >= 15 is 0 Å². The van der Waals surface area contributed by atoms with E-state index in [0.29, 0.717) is 166 Å². The molecule has 41 heteroatoms. The number of alkyl carbamates (subject to hydrolysis) is 1. The zero-order valence-electron chi connectivity index (χ0n) is 81.2. The maximum atomic E-state index is 13.7. The molecule has 6 fully saturated rings. The van der Waals surface area contributed by atoms with E-state index < -0.39 is 35.2 Å². The van der Waals surface area contributed by atoms with Gasteiger partial charge >= 0.3 is 12.3 Å². The molecule has 6 aliphatic heterocycles. The lowest BCUT2D eigenvalue weighted by molar-refractivity contribution is -0.138. The van der Waals surface area contributed by atoms with Crippen LogP contribution in [0.4, 0.5) is 39.9 Å². The second kappa shape index (κ2) is 44.2. The van der Waals surface area contributed by atoms with Gasteiger partial charge in [-0.2, -0.15) is 43.9 Å². The van der Waals surface area contributed by atoms with Crippen LogP contribution in [0.25, 0.3) is 84.5 Å². The molecule has 33 nitrogen and oxygen atoms in total. The standard InChI is InChI=1S/C22H24FN5O3.C21H19F4N5O2.C21H21FN4O2.C21H23FN4O2.C20H18FN5O/c1-3-24-22(30)31-17-8-10-27(11-9-17)21(29)19-13-28-20(25-19)14(2)12-18(26-28)15-4-6-16(23)7-5-15;1-2-18(31)28-7-9-29(10-8-28)20(32)17-12-30-19(26-17)15(21(23,24)25)11-16(27-30)13-3-5-14(22)6-4-13;1-14-9-17(15-3-5-16(22)6-4-15)24-26-10-18(23-19(14)26)20(27)25-8-2-7-21(11-25)12-28-13-21;1-3-28-17-8-10-25(11-9-17)21(27)19-13-26-20(23-19)14(2)12-18(24-26)15-4-6-16(22)7-5-15;1-13-10-17(15-2-4-16(21)5-3-15)24-26-12-18(23-19(13)26)20(27)25-8-6-14(11-22)7-9-25/h4-7,12-13,17H,3,8-11H2,1-2H3,(H,24,30);3-6,11-12H,2,7-10H2,1H3;3-6,9-10H,2,7-8,11-13H2,1H3;4-7,12-13,17H,3,8-11H2,1-2H3;2-5,10,12,14H,6-9H2,1H3. The van der Waals surface area contributed by atoms with Crippen LogP contribution >= 0.6 is 0 Å². The molecule has 0 unspecified atom stereocenters. The van der Waals surface area contributed by atoms with Gasteiger partial charge in [-0.1, -0.05) is 6.92 Å². The first-order chi connectivity index (χ1) is 70.2. The van der Waals surface area contributed by atoms with Gasteiger partial charge in [-0.05, 0) is 254 Å². The van der Waals surface area contributed by atoms with Crippen LogP contribution in [-0.2, 0) is 25.2 Å². The zero-order valence-corrected chi connectivity index (χ0v) is 81.2. The molecule has 7 amide bonds. The van der Waals surface area contributed by atoms with E-state index in [-0.39, 0.29) is 106 Å². The molecule has 0 saturated carbocycles. The third-order valence-electron chi connectivity index (χ3n) is 26.4. The molecule has 756 valence electrons. The average Bonchev–Trinajstić information content (AvgIpc) is 1.62. The number of piperidine rings is 4. The molecule has 0 bridgehead atoms. The summed E-state index contributed by atoms with van der Waals surface area (Å²) < 4.78 is 131. The topological polar surface area (TPSA) is 353 Å². The molecular formula is C105H105F8N23O10. The summed E-state index contributed by atoms with van der Waals surface area (Å²) in [4.78, 5) is 120. The van der Waals surface area contributed by atoms with Crippen molar-refractivity contribution in [2.45, 2.75) is 125 Å². The fourth-order valence-corrected chi connectivity index (χ4v) is 18.4. The number of carbonyl (C=O) groups is 7. The van der Waals surface area contributed by atoms with Gasteiger partial charge in [0.15, 0.2) is 28.2 Å². The van der Waals surface area contributed by atoms with Crippen LogP contribution in [0, 0.1) is 79.4 Å². The van der Waals surface area contributed by atoms with E-state index in [1.165, 1.54) is 65.6 Å². The third kappa shape index (κ3) is 23.3. The lowest BCUT2D eigenvalue weighted by atomic mass is 9.78. The fourth-order valence-electron chi connectivity index (χ4n) is 18.4. The monoisotopic (exact) mass is 2000 g/mol. The smallest absolute Gasteiger partial charge is 0.420 e. The SMILES string of the molecule is CCC(=O)N1CCN(C(=O)c2cn3nc(-c4ccc(F)cc4)cc(C(F)(F)F)c3n2)CC1.CCNC(=O)OC1CCN(C(=O)c2cn3nc(-c4ccc(F)cc4)cc(C)c3n2)CC1.CCOC1CCN(C(=O)c2cn3nc(-c4ccc(F)cc4)cc(C)c3n2)CC1.Cc1cc(-c2ccc(F)cc2)nn2cc(C(=O)N3CCC(C#N)CC3)nc12.Cc1cc(-c2ccc(F)cc2)nn2cc(C(=O)N3CCCC4(COC4)C3)nc12. The number of carbonyl (C=O) groups excluding carboxylic acids is 7. The number of imidazole rings is 5. The van der Waals surface area contributed by atoms with Gasteiger partial charge in [0, 0.05) is 150 Å². The first-order valence-corrected chi connectivity index (χ1v) is 48.3. The van der Waals surface area contributed by atoms with Crippen molar-refractivity contribution >= 4 is 69.8 Å². The summed E-state index contributed by atoms with van der Waals surface area (Å²) in [7, 11) is 0. The van der Waals surface area contributed by atoms with Gasteiger partial charge in [0.2, 0.25) is 5.91 Å². The van der Waals surface area contributed by atoms with Gasteiger partial charge in [-0.25, -0.2) is 74.2 Å². The van der Waals surface area contributed by atoms with E-state index in [2.05, 4.69) is 61.8 Å². The first-order valence-electron chi connectivity index (χ1n) is 48.3. The number of hydrogen-bond donors (Lipinski definition) is 1. The van der Waals surface area contributed by atoms with Crippen molar-refractivity contribution in [1.82, 2.24) is 108 Å². The molecule has 10 aromatic heterocycles. The molecule has 0 aliphatic carbocycles. The van der Waals surface area contributed by atoms with Crippen LogP contribution in [0.5, 0.6) is 0 Å². The molecule has 6 saturated heterocycles. The minimum Gasteiger partial charge on any atom is -0.446 e. The molecule has 1 N–H and O–H groups in total. The summed E-state index contributed by atoms with van der Waals surface area (Å²) in [5, 5.41) is 34.0. The van der Waals surface area contributed by atoms with Crippen molar-refractivity contribution in [2.75, 3.05) is 105 Å². The van der Waals surface area contributed by atoms with Crippen molar-refractivity contribution < 1.29 is 82.9 Å². The van der Waals surface area contributed by atoms with Crippen LogP contribution in [0.3, 0.4) is 0 Å². The van der Waals surface area contributed by atoms with Crippen molar-refractivity contribution in [3.63, 3.8) is 0 Å². The van der Waals surface area contributed by atoms with E-state index in [0.717, 1.165) is 125 Å². The number of nitrogens with zero attached hydrogens (tertiary/aromatic N) is 22. The van der Waals surface area contributed by atoms with Crippen LogP contribution in [0.1, 0.15) is 159 Å². The molecule has 15 aromatic rings. The molecule has 5 aromatic carbocycles. The Balaban J connectivity index is 0.000000125. The maximum absolute atomic E-state index is 13.7. The molecule has 146 heavy (non-hydrogen) atoms. The molecule has 21 rings (SSSR count). The number of alkyl halides is 3. The summed E-state index contributed by atoms with van der Waals surface area (Å²) in [6.45, 7) is 22.1. The number of aromatic nitrogens is 15. The highest BCUT2D eigenvalue weighted by Crippen LogP contribution is 2.39. The number of rotatable bonds is 15. The number of halogens is 8. The third-order valence-corrected chi connectivity index (χ3v) is 26.4. The van der Waals surface area contributed by atoms with Crippen molar-refractivity contribution in [1.29, 1.82) is 5.26 Å². The lowest BCUT2D eigenvalue weighted by Crippen LogP contribution is -2.55. The average molecular weight is 2000 g/mol. The summed E-state index contributed by atoms with van der Waals surface area (Å²) in [5.41, 5.74) is 12.2. The second-order valence-electron chi connectivity index (χ2n) is 36.7. The number of ether oxygens (including phenoxy) is 3. The summed E-state index contributed by atoms with van der Waals surface area (Å²) in [6, 6.07) is 40.2. The largest absolute Gasteiger partial charge is 0.446 e. The number of nitrogens with one attached hydrogen (secondary N) is 1. The minimum absolute atomic E-state index is 0.0165. The Labute approximate surface area is 832 Å². The van der Waals surface area contributed by atoms with Crippen LogP contribution in [0.15, 0.2) is 183 Å². The Hall–Kier alpha value is -15.9. The Bertz CT molecular complexity index is 7380. The van der Waals surface area contributed by atoms with Gasteiger partial charge in [0.1, 0.15) is 69.2 Å². The number of fused-ring (bicyclic) bond motifs is 5. The second-order valence-corrected chi connectivity index (χ2v) is 36.7. The van der Waals surface area contributed by atoms with E-state index in [1.54, 1.807) is 113 Å². The number of nitriles is 1. The Morgan fingerprint density at radius 3 is 1.01 bits per heavy atom. The van der Waals surface area contributed by atoms with Crippen molar-refractivity contribution in [2.24, 2.45) is 11.3 Å². The van der Waals surface area contributed by atoms with Gasteiger partial charge in [-0.3, -0.25) is 28.8 Å². The molecule has 0 atom stereocenters. The normalized spacial score (nSPS) is 15.6. The van der Waals surface area contributed by atoms with Crippen LogP contribution in [-0.4, -0.2) is 261 Å². The minimum atomic E-state index is -4.74. The highest BCUT2D eigenvalue weighted by atomic mass is 19.4. The zero-order chi connectivity index (χ0) is 103. The van der Waals surface area contributed by atoms with Gasteiger partial charge in [-0.15, -0.1) is 0 Å². The van der Waals surface area contributed by atoms with Gasteiger partial charge in [0.05, 0.1) is 84.8 Å². The Kier molecular flexibility index (Phi) is 30.7. The fraction of sp³-hybridized carbons (Fsp3) is 0.352. The molecule has 1 spiro atoms. The Morgan fingerprint density at radius 2 is 0.705 bits per heavy atom. The lowest BCUT2D eigenvalue weighted by Gasteiger charge is -2.48. The predicted octanol–water partition coefficient (Wildman–Crippen LogP) is 16.2. The summed E-state index contributed by atoms with van der Waals surface area (Å²) >= 11 is 0. The number of hydrogen-bond acceptors (Lipinski definition) is 21. The quantitative estimate of drug-likeness (QED) is 0.0931. The maximum Gasteiger partial charge on any atom is 0.420 e. The predicted molar refractivity (Wildman–Crippen MR) is 521 cm³/mol. The molecule has 0 radical (unpaired) electrons. The van der Waals surface area contributed by atoms with E-state index in [1.807, 2.05) is 75.6 Å². The first kappa shape index (κ1) is 102. The van der Waals surface area contributed by atoms with E-state index in [9.17, 15) is 68.7 Å². The van der Waals surface area contributed by atoms with E-state index in [4.69, 9.17) is 19.5 Å². The van der Waals surface area contributed by atoms with Gasteiger partial charge in [0.25, 0.3) is 29.5 Å². The summed E-state index contributed by atoms with van der Waals surface area (Å²) in [6.07, 6.45) is 9.38. The number of likely N-dealkylation sites (tertiary alicyclic amines) is 4. The van der Waals surface area contributed by atoms with Crippen molar-refractivity contribution in [3.8, 4) is 62.4 Å². The number of piperazine rings is 1. The molecule has 16 heterocycles. The number of benzene rings is 5. The molecular weight excluding hydrogens is 1900 g/mol. The summed E-state index contributed by atoms with van der Waals surface area (Å²) in [5.74, 6) is -2.68.